The molecule has 0 radical (unpaired) electrons. The second-order valence-electron chi connectivity index (χ2n) is 6.37. The zero-order chi connectivity index (χ0) is 16.2. The van der Waals surface area contributed by atoms with E-state index in [0.717, 1.165) is 35.0 Å². The lowest BCUT2D eigenvalue weighted by atomic mass is 10.0. The number of pyridine rings is 1. The van der Waals surface area contributed by atoms with E-state index in [2.05, 4.69) is 35.8 Å². The van der Waals surface area contributed by atoms with Crippen LogP contribution in [-0.2, 0) is 24.3 Å². The van der Waals surface area contributed by atoms with Gasteiger partial charge in [-0.25, -0.2) is 0 Å². The summed E-state index contributed by atoms with van der Waals surface area (Å²) in [5.41, 5.74) is 9.13. The summed E-state index contributed by atoms with van der Waals surface area (Å²) in [7, 11) is 0. The highest BCUT2D eigenvalue weighted by molar-refractivity contribution is 5.93. The maximum absolute atomic E-state index is 5.84. The van der Waals surface area contributed by atoms with Gasteiger partial charge in [0.2, 0.25) is 0 Å². The predicted octanol–water partition coefficient (Wildman–Crippen LogP) is 5.05. The summed E-state index contributed by atoms with van der Waals surface area (Å²) in [4.78, 5) is 10.8. The molecule has 0 aliphatic heterocycles. The maximum atomic E-state index is 5.84. The van der Waals surface area contributed by atoms with Crippen LogP contribution in [0.5, 0.6) is 0 Å². The van der Waals surface area contributed by atoms with Gasteiger partial charge in [0.25, 0.3) is 0 Å². The Bertz CT molecular complexity index is 830. The van der Waals surface area contributed by atoms with Gasteiger partial charge in [-0.3, -0.25) is 15.3 Å². The molecule has 0 unspecified atom stereocenters. The number of nitrogens with zero attached hydrogens (tertiary/aromatic N) is 1. The number of fused-ring (bicyclic) bond motifs is 2. The van der Waals surface area contributed by atoms with Crippen LogP contribution in [0.4, 0.5) is 5.69 Å². The van der Waals surface area contributed by atoms with Crippen molar-refractivity contribution in [2.24, 2.45) is 0 Å². The third-order valence-electron chi connectivity index (χ3n) is 4.68. The third kappa shape index (κ3) is 3.13. The van der Waals surface area contributed by atoms with Gasteiger partial charge in [0.1, 0.15) is 0 Å². The largest absolute Gasteiger partial charge is 0.271 e. The summed E-state index contributed by atoms with van der Waals surface area (Å²) < 4.78 is 0. The van der Waals surface area contributed by atoms with Gasteiger partial charge in [0.15, 0.2) is 0 Å². The van der Waals surface area contributed by atoms with E-state index in [1.807, 2.05) is 24.3 Å². The van der Waals surface area contributed by atoms with E-state index in [0.29, 0.717) is 6.61 Å². The summed E-state index contributed by atoms with van der Waals surface area (Å²) in [6.45, 7) is 0.548. The molecule has 0 saturated carbocycles. The summed E-state index contributed by atoms with van der Waals surface area (Å²) in [6, 6.07) is 18.6. The summed E-state index contributed by atoms with van der Waals surface area (Å²) in [6.07, 6.45) is 5.86. The lowest BCUT2D eigenvalue weighted by Crippen LogP contribution is -2.08. The fourth-order valence-electron chi connectivity index (χ4n) is 3.43. The van der Waals surface area contributed by atoms with Gasteiger partial charge in [-0.2, -0.15) is 0 Å². The minimum atomic E-state index is 0.548. The first kappa shape index (κ1) is 15.2. The van der Waals surface area contributed by atoms with Gasteiger partial charge in [-0.1, -0.05) is 55.0 Å². The van der Waals surface area contributed by atoms with Gasteiger partial charge in [0.05, 0.1) is 17.8 Å². The summed E-state index contributed by atoms with van der Waals surface area (Å²) in [5, 5.41) is 1.14. The topological polar surface area (TPSA) is 34.1 Å². The van der Waals surface area contributed by atoms with Crippen molar-refractivity contribution in [3.05, 3.63) is 71.4 Å². The zero-order valence-electron chi connectivity index (χ0n) is 13.8. The molecule has 24 heavy (non-hydrogen) atoms. The van der Waals surface area contributed by atoms with E-state index in [1.54, 1.807) is 0 Å². The Morgan fingerprint density at radius 1 is 0.875 bits per heavy atom. The number of anilines is 1. The van der Waals surface area contributed by atoms with Gasteiger partial charge >= 0.3 is 0 Å². The molecule has 122 valence electrons. The Morgan fingerprint density at radius 3 is 2.58 bits per heavy atom. The SMILES string of the molecule is c1ccc(CONc2c3c(nc4ccccc24)CCCCC3)cc1. The highest BCUT2D eigenvalue weighted by atomic mass is 16.6. The molecule has 1 aliphatic rings. The first-order valence-corrected chi connectivity index (χ1v) is 8.74. The molecular formula is C21H22N2O. The van der Waals surface area contributed by atoms with E-state index < -0.39 is 0 Å². The molecule has 0 bridgehead atoms. The Hall–Kier alpha value is -2.39. The number of hydrogen-bond donors (Lipinski definition) is 1. The molecule has 3 heteroatoms. The first-order valence-electron chi connectivity index (χ1n) is 8.74. The van der Waals surface area contributed by atoms with E-state index in [-0.39, 0.29) is 0 Å². The second kappa shape index (κ2) is 7.02. The highest BCUT2D eigenvalue weighted by Crippen LogP contribution is 2.32. The molecule has 3 aromatic rings. The predicted molar refractivity (Wildman–Crippen MR) is 97.9 cm³/mol. The molecule has 1 aliphatic carbocycles. The second-order valence-corrected chi connectivity index (χ2v) is 6.37. The average Bonchev–Trinajstić information content (AvgIpc) is 2.87. The quantitative estimate of drug-likeness (QED) is 0.540. The Labute approximate surface area is 142 Å². The smallest absolute Gasteiger partial charge is 0.0996 e. The first-order chi connectivity index (χ1) is 11.9. The van der Waals surface area contributed by atoms with Crippen LogP contribution in [-0.4, -0.2) is 4.98 Å². The molecule has 1 aromatic heterocycles. The van der Waals surface area contributed by atoms with E-state index in [1.165, 1.54) is 30.5 Å². The molecule has 1 N–H and O–H groups in total. The van der Waals surface area contributed by atoms with E-state index in [4.69, 9.17) is 9.82 Å². The summed E-state index contributed by atoms with van der Waals surface area (Å²) >= 11 is 0. The van der Waals surface area contributed by atoms with Crippen molar-refractivity contribution in [2.45, 2.75) is 38.7 Å². The minimum Gasteiger partial charge on any atom is -0.271 e. The lowest BCUT2D eigenvalue weighted by molar-refractivity contribution is 0.180. The minimum absolute atomic E-state index is 0.548. The number of aryl methyl sites for hydroxylation is 1. The number of para-hydroxylation sites is 1. The zero-order valence-corrected chi connectivity index (χ0v) is 13.8. The van der Waals surface area contributed by atoms with Crippen LogP contribution in [0, 0.1) is 0 Å². The fraction of sp³-hybridized carbons (Fsp3) is 0.286. The molecule has 0 saturated heterocycles. The number of nitrogens with one attached hydrogen (secondary N) is 1. The van der Waals surface area contributed by atoms with Crippen molar-refractivity contribution < 1.29 is 4.84 Å². The van der Waals surface area contributed by atoms with E-state index >= 15 is 0 Å². The maximum Gasteiger partial charge on any atom is 0.0996 e. The number of rotatable bonds is 4. The van der Waals surface area contributed by atoms with Crippen molar-refractivity contribution in [1.82, 2.24) is 4.98 Å². The Balaban J connectivity index is 1.66. The average molecular weight is 318 g/mol. The van der Waals surface area contributed by atoms with Crippen LogP contribution in [0.2, 0.25) is 0 Å². The Morgan fingerprint density at radius 2 is 1.67 bits per heavy atom. The molecule has 0 spiro atoms. The van der Waals surface area contributed by atoms with Crippen LogP contribution < -0.4 is 5.48 Å². The van der Waals surface area contributed by atoms with Crippen LogP contribution in [0.25, 0.3) is 10.9 Å². The fourth-order valence-corrected chi connectivity index (χ4v) is 3.43. The standard InChI is InChI=1S/C21H22N2O/c1-3-9-16(10-4-1)15-24-23-21-17-11-5-2-6-13-19(17)22-20-14-8-7-12-18(20)21/h1,3-4,7-10,12,14H,2,5-6,11,13,15H2,(H,22,23). The van der Waals surface area contributed by atoms with Gasteiger partial charge in [0, 0.05) is 11.1 Å². The molecule has 0 atom stereocenters. The lowest BCUT2D eigenvalue weighted by Gasteiger charge is -2.17. The van der Waals surface area contributed by atoms with Crippen molar-refractivity contribution >= 4 is 16.6 Å². The van der Waals surface area contributed by atoms with Crippen molar-refractivity contribution in [1.29, 1.82) is 0 Å². The van der Waals surface area contributed by atoms with Crippen LogP contribution in [0.1, 0.15) is 36.1 Å². The van der Waals surface area contributed by atoms with Gasteiger partial charge in [-0.15, -0.1) is 0 Å². The van der Waals surface area contributed by atoms with E-state index in [9.17, 15) is 0 Å². The van der Waals surface area contributed by atoms with Crippen LogP contribution in [0.15, 0.2) is 54.6 Å². The normalized spacial score (nSPS) is 14.2. The molecule has 0 fully saturated rings. The monoisotopic (exact) mass is 318 g/mol. The van der Waals surface area contributed by atoms with Crippen molar-refractivity contribution in [2.75, 3.05) is 5.48 Å². The van der Waals surface area contributed by atoms with Gasteiger partial charge < -0.3 is 0 Å². The molecular weight excluding hydrogens is 296 g/mol. The number of aromatic nitrogens is 1. The molecule has 0 amide bonds. The Kier molecular flexibility index (Phi) is 4.43. The number of hydrogen-bond acceptors (Lipinski definition) is 3. The molecule has 3 nitrogen and oxygen atoms in total. The third-order valence-corrected chi connectivity index (χ3v) is 4.68. The molecule has 1 heterocycles. The van der Waals surface area contributed by atoms with Gasteiger partial charge in [-0.05, 0) is 42.9 Å². The molecule has 4 rings (SSSR count). The highest BCUT2D eigenvalue weighted by Gasteiger charge is 2.17. The van der Waals surface area contributed by atoms with Crippen molar-refractivity contribution in [3.63, 3.8) is 0 Å². The molecule has 2 aromatic carbocycles. The van der Waals surface area contributed by atoms with Crippen LogP contribution >= 0.6 is 0 Å². The number of benzene rings is 2. The van der Waals surface area contributed by atoms with Crippen LogP contribution in [0.3, 0.4) is 0 Å². The van der Waals surface area contributed by atoms with Crippen molar-refractivity contribution in [3.8, 4) is 0 Å². The summed E-state index contributed by atoms with van der Waals surface area (Å²) in [5.74, 6) is 0.